The second kappa shape index (κ2) is 6.62. The van der Waals surface area contributed by atoms with E-state index in [0.29, 0.717) is 5.88 Å². The van der Waals surface area contributed by atoms with Gasteiger partial charge in [-0.25, -0.2) is 4.85 Å². The van der Waals surface area contributed by atoms with Gasteiger partial charge in [0.05, 0.1) is 18.9 Å². The number of anilines is 1. The predicted octanol–water partition coefficient (Wildman–Crippen LogP) is 3.11. The van der Waals surface area contributed by atoms with E-state index in [2.05, 4.69) is 4.85 Å². The quantitative estimate of drug-likeness (QED) is 0.484. The zero-order valence-electron chi connectivity index (χ0n) is 12.0. The van der Waals surface area contributed by atoms with Gasteiger partial charge >= 0.3 is 5.97 Å². The first-order valence-electron chi connectivity index (χ1n) is 6.72. The van der Waals surface area contributed by atoms with Gasteiger partial charge in [0.2, 0.25) is 0 Å². The molecule has 5 heteroatoms. The van der Waals surface area contributed by atoms with Crippen LogP contribution in [-0.4, -0.2) is 19.1 Å². The largest absolute Gasteiger partial charge is 0.471 e. The summed E-state index contributed by atoms with van der Waals surface area (Å²) in [4.78, 5) is 16.7. The molecule has 0 atom stereocenters. The molecule has 0 N–H and O–H groups in total. The van der Waals surface area contributed by atoms with E-state index in [9.17, 15) is 4.79 Å². The van der Waals surface area contributed by atoms with E-state index in [-0.39, 0.29) is 12.3 Å². The maximum Gasteiger partial charge on any atom is 0.336 e. The number of carbonyl (C=O) groups excluding carboxylic acids is 1. The number of allylic oxidation sites excluding steroid dienone is 2. The molecule has 0 saturated heterocycles. The van der Waals surface area contributed by atoms with Crippen LogP contribution in [0.3, 0.4) is 0 Å². The van der Waals surface area contributed by atoms with Gasteiger partial charge in [0.25, 0.3) is 5.70 Å². The Kier molecular flexibility index (Phi) is 4.62. The summed E-state index contributed by atoms with van der Waals surface area (Å²) in [7, 11) is 0. The monoisotopic (exact) mass is 284 g/mol. The van der Waals surface area contributed by atoms with Crippen molar-refractivity contribution >= 4 is 11.7 Å². The first-order valence-corrected chi connectivity index (χ1v) is 6.72. The fourth-order valence-electron chi connectivity index (χ4n) is 2.01. The fourth-order valence-corrected chi connectivity index (χ4v) is 2.01. The first-order chi connectivity index (χ1) is 10.2. The van der Waals surface area contributed by atoms with Crippen LogP contribution in [0.1, 0.15) is 13.8 Å². The third-order valence-corrected chi connectivity index (χ3v) is 2.94. The maximum absolute atomic E-state index is 11.6. The SMILES string of the molecule is [C-]#[N+]C(=CC=C1Oc2ccccc2N1CC)C(=O)OCC. The van der Waals surface area contributed by atoms with Gasteiger partial charge in [-0.05, 0) is 38.1 Å². The van der Waals surface area contributed by atoms with Crippen molar-refractivity contribution in [3.05, 3.63) is 59.4 Å². The summed E-state index contributed by atoms with van der Waals surface area (Å²) in [6, 6.07) is 7.68. The third kappa shape index (κ3) is 3.06. The van der Waals surface area contributed by atoms with Crippen LogP contribution in [-0.2, 0) is 9.53 Å². The number of para-hydroxylation sites is 2. The Balaban J connectivity index is 2.26. The molecule has 0 radical (unpaired) electrons. The molecular formula is C16H16N2O3. The molecule has 5 nitrogen and oxygen atoms in total. The Labute approximate surface area is 123 Å². The number of esters is 1. The van der Waals surface area contributed by atoms with Gasteiger partial charge in [0.1, 0.15) is 0 Å². The maximum atomic E-state index is 11.6. The van der Waals surface area contributed by atoms with Crippen LogP contribution in [0.25, 0.3) is 4.85 Å². The fraction of sp³-hybridized carbons (Fsp3) is 0.250. The van der Waals surface area contributed by atoms with E-state index < -0.39 is 5.97 Å². The van der Waals surface area contributed by atoms with Crippen molar-refractivity contribution in [3.8, 4) is 5.75 Å². The lowest BCUT2D eigenvalue weighted by Gasteiger charge is -2.14. The van der Waals surface area contributed by atoms with E-state index in [1.54, 1.807) is 13.0 Å². The van der Waals surface area contributed by atoms with Crippen molar-refractivity contribution < 1.29 is 14.3 Å². The average molecular weight is 284 g/mol. The summed E-state index contributed by atoms with van der Waals surface area (Å²) in [5.74, 6) is 0.728. The summed E-state index contributed by atoms with van der Waals surface area (Å²) in [6.45, 7) is 11.7. The topological polar surface area (TPSA) is 43.1 Å². The van der Waals surface area contributed by atoms with E-state index in [0.717, 1.165) is 18.0 Å². The van der Waals surface area contributed by atoms with E-state index in [1.807, 2.05) is 36.1 Å². The van der Waals surface area contributed by atoms with Crippen LogP contribution in [0, 0.1) is 6.57 Å². The summed E-state index contributed by atoms with van der Waals surface area (Å²) in [6.07, 6.45) is 3.04. The molecule has 1 aliphatic heterocycles. The standard InChI is InChI=1S/C16H16N2O3/c1-4-18-13-8-6-7-9-14(13)21-15(18)11-10-12(17-3)16(19)20-5-2/h6-11H,4-5H2,1-2H3. The van der Waals surface area contributed by atoms with Gasteiger partial charge in [-0.2, -0.15) is 0 Å². The predicted molar refractivity (Wildman–Crippen MR) is 79.5 cm³/mol. The lowest BCUT2D eigenvalue weighted by atomic mass is 10.3. The number of ether oxygens (including phenoxy) is 2. The number of nitrogens with zero attached hydrogens (tertiary/aromatic N) is 2. The van der Waals surface area contributed by atoms with Crippen molar-refractivity contribution in [1.29, 1.82) is 0 Å². The molecule has 0 fully saturated rings. The lowest BCUT2D eigenvalue weighted by molar-refractivity contribution is -0.138. The van der Waals surface area contributed by atoms with Crippen molar-refractivity contribution in [3.63, 3.8) is 0 Å². The lowest BCUT2D eigenvalue weighted by Crippen LogP contribution is -2.19. The highest BCUT2D eigenvalue weighted by Crippen LogP contribution is 2.38. The number of hydrogen-bond acceptors (Lipinski definition) is 4. The van der Waals surface area contributed by atoms with Crippen LogP contribution in [0.4, 0.5) is 5.69 Å². The average Bonchev–Trinajstić information content (AvgIpc) is 2.85. The highest BCUT2D eigenvalue weighted by atomic mass is 16.5. The van der Waals surface area contributed by atoms with Crippen LogP contribution in [0.2, 0.25) is 0 Å². The summed E-state index contributed by atoms with van der Waals surface area (Å²) >= 11 is 0. The Morgan fingerprint density at radius 3 is 2.86 bits per heavy atom. The molecule has 0 saturated carbocycles. The molecule has 0 amide bonds. The van der Waals surface area contributed by atoms with E-state index in [4.69, 9.17) is 16.0 Å². The van der Waals surface area contributed by atoms with E-state index in [1.165, 1.54) is 6.08 Å². The number of rotatable bonds is 4. The number of carbonyl (C=O) groups is 1. The highest BCUT2D eigenvalue weighted by Gasteiger charge is 2.23. The van der Waals surface area contributed by atoms with Crippen molar-refractivity contribution in [2.75, 3.05) is 18.1 Å². The molecular weight excluding hydrogens is 268 g/mol. The minimum atomic E-state index is -0.622. The summed E-state index contributed by atoms with van der Waals surface area (Å²) < 4.78 is 10.6. The molecule has 0 unspecified atom stereocenters. The highest BCUT2D eigenvalue weighted by molar-refractivity contribution is 5.90. The molecule has 1 aliphatic rings. The zero-order valence-corrected chi connectivity index (χ0v) is 12.0. The molecule has 108 valence electrons. The van der Waals surface area contributed by atoms with Gasteiger partial charge in [-0.15, -0.1) is 0 Å². The van der Waals surface area contributed by atoms with Crippen molar-refractivity contribution in [2.24, 2.45) is 0 Å². The number of fused-ring (bicyclic) bond motifs is 1. The molecule has 2 rings (SSSR count). The number of benzene rings is 1. The Hall–Kier alpha value is -2.74. The molecule has 21 heavy (non-hydrogen) atoms. The van der Waals surface area contributed by atoms with Gasteiger partial charge in [-0.3, -0.25) is 4.79 Å². The zero-order chi connectivity index (χ0) is 15.2. The molecule has 0 aromatic heterocycles. The smallest absolute Gasteiger partial charge is 0.336 e. The Bertz CT molecular complexity index is 641. The molecule has 0 bridgehead atoms. The summed E-state index contributed by atoms with van der Waals surface area (Å²) in [5.41, 5.74) is 0.903. The molecule has 1 aromatic rings. The molecule has 0 spiro atoms. The third-order valence-electron chi connectivity index (χ3n) is 2.94. The van der Waals surface area contributed by atoms with Crippen molar-refractivity contribution in [1.82, 2.24) is 0 Å². The van der Waals surface area contributed by atoms with Crippen LogP contribution in [0.5, 0.6) is 5.75 Å². The van der Waals surface area contributed by atoms with Crippen LogP contribution in [0.15, 0.2) is 48.0 Å². The molecule has 1 aromatic carbocycles. The molecule has 0 aliphatic carbocycles. The summed E-state index contributed by atoms with van der Waals surface area (Å²) in [5, 5.41) is 0. The number of hydrogen-bond donors (Lipinski definition) is 0. The Morgan fingerprint density at radius 1 is 1.43 bits per heavy atom. The first kappa shape index (κ1) is 14.7. The normalized spacial score (nSPS) is 15.4. The van der Waals surface area contributed by atoms with Crippen molar-refractivity contribution in [2.45, 2.75) is 13.8 Å². The molecule has 1 heterocycles. The second-order valence-corrected chi connectivity index (χ2v) is 4.20. The van der Waals surface area contributed by atoms with Crippen LogP contribution >= 0.6 is 0 Å². The minimum Gasteiger partial charge on any atom is -0.471 e. The van der Waals surface area contributed by atoms with Crippen LogP contribution < -0.4 is 9.64 Å². The van der Waals surface area contributed by atoms with Gasteiger partial charge in [0.15, 0.2) is 11.6 Å². The minimum absolute atomic E-state index is 0.0695. The van der Waals surface area contributed by atoms with Gasteiger partial charge < -0.3 is 14.4 Å². The second-order valence-electron chi connectivity index (χ2n) is 4.20. The van der Waals surface area contributed by atoms with E-state index >= 15 is 0 Å². The van der Waals surface area contributed by atoms with Gasteiger partial charge in [0, 0.05) is 6.54 Å². The Morgan fingerprint density at radius 2 is 2.19 bits per heavy atom. The van der Waals surface area contributed by atoms with Gasteiger partial charge in [-0.1, -0.05) is 12.1 Å².